The number of hydrogen-bond acceptors (Lipinski definition) is 5. The first-order valence-electron chi connectivity index (χ1n) is 4.95. The number of aliphatic carboxylic acids is 1. The van der Waals surface area contributed by atoms with Crippen molar-refractivity contribution in [3.63, 3.8) is 0 Å². The number of nitrogens with zero attached hydrogens (tertiary/aromatic N) is 3. The Morgan fingerprint density at radius 3 is 3.06 bits per heavy atom. The molecule has 2 heterocycles. The average molecular weight is 254 g/mol. The molecule has 0 aliphatic rings. The first-order chi connectivity index (χ1) is 8.11. The first-order valence-corrected chi connectivity index (χ1v) is 5.83. The molecule has 0 aliphatic heterocycles. The largest absolute Gasteiger partial charge is 0.480 e. The van der Waals surface area contributed by atoms with Gasteiger partial charge in [-0.05, 0) is 18.6 Å². The molecule has 1 atom stereocenters. The highest BCUT2D eigenvalue weighted by Crippen LogP contribution is 2.23. The van der Waals surface area contributed by atoms with Crippen LogP contribution in [0.25, 0.3) is 5.65 Å². The number of aromatic nitrogens is 4. The second-order valence-electron chi connectivity index (χ2n) is 3.32. The molecule has 0 saturated heterocycles. The summed E-state index contributed by atoms with van der Waals surface area (Å²) >= 11 is 1.11. The van der Waals surface area contributed by atoms with Crippen LogP contribution in [0.15, 0.2) is 22.0 Å². The number of carboxylic acids is 1. The van der Waals surface area contributed by atoms with E-state index in [1.54, 1.807) is 19.1 Å². The summed E-state index contributed by atoms with van der Waals surface area (Å²) in [5.41, 5.74) is -0.0338. The number of nitrogens with one attached hydrogen (secondary N) is 1. The zero-order valence-electron chi connectivity index (χ0n) is 8.95. The Balaban J connectivity index is 2.33. The zero-order chi connectivity index (χ0) is 12.4. The monoisotopic (exact) mass is 254 g/mol. The van der Waals surface area contributed by atoms with Crippen molar-refractivity contribution in [1.29, 1.82) is 0 Å². The molecule has 0 spiro atoms. The van der Waals surface area contributed by atoms with Crippen molar-refractivity contribution >= 4 is 23.4 Å². The van der Waals surface area contributed by atoms with Crippen LogP contribution in [0.1, 0.15) is 13.3 Å². The van der Waals surface area contributed by atoms with E-state index in [-0.39, 0.29) is 0 Å². The van der Waals surface area contributed by atoms with Crippen LogP contribution in [0.4, 0.5) is 0 Å². The Bertz CT molecular complexity index is 606. The number of H-pyrrole nitrogens is 1. The predicted molar refractivity (Wildman–Crippen MR) is 61.2 cm³/mol. The van der Waals surface area contributed by atoms with Gasteiger partial charge in [0, 0.05) is 0 Å². The number of carboxylic acid groups (broad SMARTS) is 1. The van der Waals surface area contributed by atoms with Crippen LogP contribution in [-0.2, 0) is 4.79 Å². The third-order valence-electron chi connectivity index (χ3n) is 2.16. The maximum atomic E-state index is 11.3. The van der Waals surface area contributed by atoms with Gasteiger partial charge in [-0.15, -0.1) is 0 Å². The third-order valence-corrected chi connectivity index (χ3v) is 3.44. The number of hydrogen-bond donors (Lipinski definition) is 2. The van der Waals surface area contributed by atoms with E-state index in [2.05, 4.69) is 15.3 Å². The predicted octanol–water partition coefficient (Wildman–Crippen LogP) is 0.373. The van der Waals surface area contributed by atoms with E-state index in [4.69, 9.17) is 5.11 Å². The molecule has 8 heteroatoms. The maximum Gasteiger partial charge on any atom is 0.364 e. The molecule has 0 aliphatic carbocycles. The van der Waals surface area contributed by atoms with Crippen molar-refractivity contribution < 1.29 is 9.90 Å². The van der Waals surface area contributed by atoms with Crippen LogP contribution in [0, 0.1) is 0 Å². The van der Waals surface area contributed by atoms with Crippen LogP contribution >= 0.6 is 11.8 Å². The molecule has 0 radical (unpaired) electrons. The van der Waals surface area contributed by atoms with Crippen LogP contribution in [0.2, 0.25) is 0 Å². The molecule has 17 heavy (non-hydrogen) atoms. The molecule has 0 fully saturated rings. The molecule has 2 aromatic rings. The second kappa shape index (κ2) is 4.58. The topological polar surface area (TPSA) is 100 Å². The summed E-state index contributed by atoms with van der Waals surface area (Å²) in [5, 5.41) is 18.9. The van der Waals surface area contributed by atoms with Gasteiger partial charge in [0.1, 0.15) is 10.3 Å². The van der Waals surface area contributed by atoms with Crippen LogP contribution in [-0.4, -0.2) is 36.1 Å². The van der Waals surface area contributed by atoms with Gasteiger partial charge in [-0.2, -0.15) is 14.7 Å². The summed E-state index contributed by atoms with van der Waals surface area (Å²) in [4.78, 5) is 22.2. The van der Waals surface area contributed by atoms with Crippen LogP contribution in [0.5, 0.6) is 0 Å². The van der Waals surface area contributed by atoms with Gasteiger partial charge >= 0.3 is 11.7 Å². The Morgan fingerprint density at radius 2 is 2.41 bits per heavy atom. The fraction of sp³-hybridized carbons (Fsp3) is 0.333. The fourth-order valence-electron chi connectivity index (χ4n) is 1.30. The van der Waals surface area contributed by atoms with E-state index in [1.807, 2.05) is 0 Å². The lowest BCUT2D eigenvalue weighted by atomic mass is 10.3. The lowest BCUT2D eigenvalue weighted by Crippen LogP contribution is -2.16. The summed E-state index contributed by atoms with van der Waals surface area (Å²) < 4.78 is 1.11. The normalized spacial score (nSPS) is 12.8. The van der Waals surface area contributed by atoms with Gasteiger partial charge in [0.05, 0.1) is 0 Å². The van der Waals surface area contributed by atoms with Gasteiger partial charge in [-0.1, -0.05) is 18.7 Å². The van der Waals surface area contributed by atoms with Crippen molar-refractivity contribution in [2.45, 2.75) is 23.6 Å². The second-order valence-corrected chi connectivity index (χ2v) is 4.55. The number of thioether (sulfide) groups is 1. The van der Waals surface area contributed by atoms with E-state index >= 15 is 0 Å². The SMILES string of the molecule is CCC(Sc1ccc2n[nH]c(=O)n2n1)C(=O)O. The average Bonchev–Trinajstić information content (AvgIpc) is 2.67. The van der Waals surface area contributed by atoms with Crippen LogP contribution < -0.4 is 5.69 Å². The van der Waals surface area contributed by atoms with Gasteiger partial charge < -0.3 is 5.11 Å². The van der Waals surface area contributed by atoms with E-state index in [9.17, 15) is 9.59 Å². The lowest BCUT2D eigenvalue weighted by Gasteiger charge is -2.07. The molecule has 2 N–H and O–H groups in total. The highest BCUT2D eigenvalue weighted by Gasteiger charge is 2.17. The number of rotatable bonds is 4. The summed E-state index contributed by atoms with van der Waals surface area (Å²) in [5.74, 6) is -0.890. The minimum absolute atomic E-state index is 0.405. The highest BCUT2D eigenvalue weighted by molar-refractivity contribution is 8.00. The van der Waals surface area contributed by atoms with Crippen molar-refractivity contribution in [1.82, 2.24) is 19.8 Å². The summed E-state index contributed by atoms with van der Waals surface area (Å²) in [6.45, 7) is 1.79. The van der Waals surface area contributed by atoms with Crippen molar-refractivity contribution in [3.8, 4) is 0 Å². The Hall–Kier alpha value is -1.83. The fourth-order valence-corrected chi connectivity index (χ4v) is 2.14. The number of carbonyl (C=O) groups is 1. The molecule has 0 aromatic carbocycles. The molecule has 2 aromatic heterocycles. The summed E-state index contributed by atoms with van der Waals surface area (Å²) in [7, 11) is 0. The molecule has 2 rings (SSSR count). The van der Waals surface area contributed by atoms with E-state index in [0.29, 0.717) is 17.1 Å². The van der Waals surface area contributed by atoms with E-state index in [0.717, 1.165) is 16.3 Å². The van der Waals surface area contributed by atoms with E-state index in [1.165, 1.54) is 0 Å². The van der Waals surface area contributed by atoms with E-state index < -0.39 is 16.9 Å². The standard InChI is InChI=1S/C9H10N4O3S/c1-2-5(8(14)15)17-7-4-3-6-10-11-9(16)13(6)12-7/h3-5H,2H2,1H3,(H,11,16)(H,14,15). The van der Waals surface area contributed by atoms with Gasteiger partial charge in [0.15, 0.2) is 5.65 Å². The van der Waals surface area contributed by atoms with Crippen molar-refractivity contribution in [2.75, 3.05) is 0 Å². The molecule has 1 unspecified atom stereocenters. The van der Waals surface area contributed by atoms with Crippen molar-refractivity contribution in [2.24, 2.45) is 0 Å². The molecule has 7 nitrogen and oxygen atoms in total. The number of aromatic amines is 1. The Morgan fingerprint density at radius 1 is 1.65 bits per heavy atom. The smallest absolute Gasteiger partial charge is 0.364 e. The van der Waals surface area contributed by atoms with Crippen molar-refractivity contribution in [3.05, 3.63) is 22.6 Å². The number of fused-ring (bicyclic) bond motifs is 1. The summed E-state index contributed by atoms with van der Waals surface area (Å²) in [6, 6.07) is 3.26. The quantitative estimate of drug-likeness (QED) is 0.765. The highest BCUT2D eigenvalue weighted by atomic mass is 32.2. The minimum atomic E-state index is -0.890. The lowest BCUT2D eigenvalue weighted by molar-refractivity contribution is -0.136. The van der Waals surface area contributed by atoms with Gasteiger partial charge in [-0.3, -0.25) is 4.79 Å². The Kier molecular flexibility index (Phi) is 3.14. The molecule has 90 valence electrons. The molecule has 0 amide bonds. The first kappa shape index (κ1) is 11.6. The summed E-state index contributed by atoms with van der Waals surface area (Å²) in [6.07, 6.45) is 0.486. The minimum Gasteiger partial charge on any atom is -0.480 e. The van der Waals surface area contributed by atoms with Crippen LogP contribution in [0.3, 0.4) is 0 Å². The van der Waals surface area contributed by atoms with Gasteiger partial charge in [0.2, 0.25) is 0 Å². The third kappa shape index (κ3) is 2.31. The maximum absolute atomic E-state index is 11.3. The molecular weight excluding hydrogens is 244 g/mol. The zero-order valence-corrected chi connectivity index (χ0v) is 9.77. The molecule has 0 saturated carbocycles. The molecule has 0 bridgehead atoms. The molecular formula is C9H10N4O3S. The Labute approximate surface area is 99.8 Å². The van der Waals surface area contributed by atoms with Gasteiger partial charge in [0.25, 0.3) is 0 Å². The van der Waals surface area contributed by atoms with Gasteiger partial charge in [-0.25, -0.2) is 9.89 Å².